The fraction of sp³-hybridized carbons (Fsp3) is 0.778. The molecule has 0 saturated carbocycles. The topological polar surface area (TPSA) is 82.2 Å². The summed E-state index contributed by atoms with van der Waals surface area (Å²) in [6.07, 6.45) is 0.405. The summed E-state index contributed by atoms with van der Waals surface area (Å²) in [6.45, 7) is 5.67. The van der Waals surface area contributed by atoms with Crippen molar-refractivity contribution in [2.45, 2.75) is 39.3 Å². The maximum atomic E-state index is 11.5. The van der Waals surface area contributed by atoms with Crippen LogP contribution in [0.5, 0.6) is 0 Å². The van der Waals surface area contributed by atoms with Crippen LogP contribution in [0.4, 0.5) is 4.79 Å². The van der Waals surface area contributed by atoms with E-state index in [1.54, 1.807) is 11.9 Å². The third kappa shape index (κ3) is 4.69. The van der Waals surface area contributed by atoms with Crippen molar-refractivity contribution in [1.29, 1.82) is 5.41 Å². The summed E-state index contributed by atoms with van der Waals surface area (Å²) in [5, 5.41) is 9.89. The number of carbonyl (C=O) groups is 1. The Balaban J connectivity index is 4.10. The monoisotopic (exact) mass is 200 g/mol. The Morgan fingerprint density at radius 1 is 1.50 bits per heavy atom. The van der Waals surface area contributed by atoms with Gasteiger partial charge in [0.1, 0.15) is 0 Å². The molecule has 0 aliphatic rings. The Hall–Kier alpha value is -1.26. The van der Waals surface area contributed by atoms with Crippen LogP contribution >= 0.6 is 0 Å². The second-order valence-corrected chi connectivity index (χ2v) is 3.79. The Morgan fingerprint density at radius 2 is 2.00 bits per heavy atom. The molecule has 0 radical (unpaired) electrons. The molecule has 14 heavy (non-hydrogen) atoms. The number of nitrogens with zero attached hydrogens (tertiary/aromatic N) is 1. The second kappa shape index (κ2) is 5.47. The largest absolute Gasteiger partial charge is 0.388 e. The van der Waals surface area contributed by atoms with Gasteiger partial charge in [-0.25, -0.2) is 4.79 Å². The van der Waals surface area contributed by atoms with Gasteiger partial charge in [0.05, 0.1) is 5.84 Å². The molecule has 0 aliphatic carbocycles. The smallest absolute Gasteiger partial charge is 0.317 e. The minimum absolute atomic E-state index is 0.0498. The number of hydrogen-bond donors (Lipinski definition) is 3. The van der Waals surface area contributed by atoms with Crippen LogP contribution in [-0.2, 0) is 0 Å². The first-order valence-corrected chi connectivity index (χ1v) is 4.70. The summed E-state index contributed by atoms with van der Waals surface area (Å²) in [6, 6.07) is -0.0607. The van der Waals surface area contributed by atoms with E-state index in [4.69, 9.17) is 11.1 Å². The Bertz CT molecular complexity index is 215. The highest BCUT2D eigenvalue weighted by Crippen LogP contribution is 2.01. The lowest BCUT2D eigenvalue weighted by molar-refractivity contribution is 0.192. The Morgan fingerprint density at radius 3 is 2.36 bits per heavy atom. The van der Waals surface area contributed by atoms with Gasteiger partial charge in [-0.2, -0.15) is 0 Å². The highest BCUT2D eigenvalue weighted by Gasteiger charge is 2.16. The van der Waals surface area contributed by atoms with E-state index in [1.165, 1.54) is 0 Å². The number of amidine groups is 1. The van der Waals surface area contributed by atoms with Gasteiger partial charge in [-0.15, -0.1) is 0 Å². The molecule has 0 aliphatic heterocycles. The summed E-state index contributed by atoms with van der Waals surface area (Å²) >= 11 is 0. The third-order valence-electron chi connectivity index (χ3n) is 1.91. The van der Waals surface area contributed by atoms with Crippen molar-refractivity contribution in [2.75, 3.05) is 7.05 Å². The number of amides is 2. The molecule has 0 aromatic carbocycles. The third-order valence-corrected chi connectivity index (χ3v) is 1.91. The molecule has 0 heterocycles. The molecule has 0 aromatic rings. The quantitative estimate of drug-likeness (QED) is 0.462. The average Bonchev–Trinajstić information content (AvgIpc) is 2.00. The minimum Gasteiger partial charge on any atom is -0.388 e. The van der Waals surface area contributed by atoms with Crippen LogP contribution in [0.25, 0.3) is 0 Å². The lowest BCUT2D eigenvalue weighted by Crippen LogP contribution is -2.45. The summed E-state index contributed by atoms with van der Waals surface area (Å²) in [5.74, 6) is 0.0988. The minimum atomic E-state index is -0.131. The molecule has 0 saturated heterocycles. The van der Waals surface area contributed by atoms with Crippen LogP contribution in [0.1, 0.15) is 27.2 Å². The average molecular weight is 200 g/mol. The zero-order chi connectivity index (χ0) is 11.3. The lowest BCUT2D eigenvalue weighted by Gasteiger charge is -2.25. The normalized spacial score (nSPS) is 12.4. The number of carbonyl (C=O) groups excluding carboxylic acids is 1. The van der Waals surface area contributed by atoms with E-state index in [0.29, 0.717) is 6.42 Å². The number of hydrogen-bond acceptors (Lipinski definition) is 2. The molecular weight excluding hydrogens is 180 g/mol. The standard InChI is InChI=1S/C9H20N4O/c1-6(2)12-9(14)13(4)7(3)5-8(10)11/h6-7H,5H2,1-4H3,(H3,10,11)(H,12,14). The molecule has 5 nitrogen and oxygen atoms in total. The SMILES string of the molecule is CC(C)NC(=O)N(C)C(C)CC(=N)N. The number of nitrogens with one attached hydrogen (secondary N) is 2. The van der Waals surface area contributed by atoms with Gasteiger partial charge in [0, 0.05) is 25.6 Å². The van der Waals surface area contributed by atoms with Crippen LogP contribution in [0.2, 0.25) is 0 Å². The molecule has 1 unspecified atom stereocenters. The predicted octanol–water partition coefficient (Wildman–Crippen LogP) is 0.751. The van der Waals surface area contributed by atoms with Gasteiger partial charge in [-0.05, 0) is 20.8 Å². The number of rotatable bonds is 4. The summed E-state index contributed by atoms with van der Waals surface area (Å²) in [5.41, 5.74) is 5.26. The van der Waals surface area contributed by atoms with Crippen LogP contribution < -0.4 is 11.1 Å². The van der Waals surface area contributed by atoms with Crippen LogP contribution in [0.3, 0.4) is 0 Å². The van der Waals surface area contributed by atoms with Crippen molar-refractivity contribution in [3.63, 3.8) is 0 Å². The molecule has 82 valence electrons. The Labute approximate surface area is 85.2 Å². The molecule has 0 rings (SSSR count). The molecule has 0 aromatic heterocycles. The molecule has 5 heteroatoms. The van der Waals surface area contributed by atoms with Gasteiger partial charge >= 0.3 is 6.03 Å². The fourth-order valence-electron chi connectivity index (χ4n) is 1.00. The van der Waals surface area contributed by atoms with Crippen molar-refractivity contribution < 1.29 is 4.79 Å². The van der Waals surface area contributed by atoms with Crippen LogP contribution in [-0.4, -0.2) is 35.9 Å². The van der Waals surface area contributed by atoms with E-state index in [0.717, 1.165) is 0 Å². The van der Waals surface area contributed by atoms with E-state index in [1.807, 2.05) is 20.8 Å². The molecule has 0 spiro atoms. The van der Waals surface area contributed by atoms with Gasteiger partial charge < -0.3 is 16.0 Å². The van der Waals surface area contributed by atoms with Crippen molar-refractivity contribution in [3.8, 4) is 0 Å². The van der Waals surface area contributed by atoms with E-state index in [-0.39, 0.29) is 24.0 Å². The summed E-state index contributed by atoms with van der Waals surface area (Å²) in [4.78, 5) is 13.0. The maximum Gasteiger partial charge on any atom is 0.317 e. The lowest BCUT2D eigenvalue weighted by atomic mass is 10.2. The molecule has 1 atom stereocenters. The highest BCUT2D eigenvalue weighted by molar-refractivity contribution is 5.79. The molecule has 0 fully saturated rings. The zero-order valence-corrected chi connectivity index (χ0v) is 9.29. The summed E-state index contributed by atoms with van der Waals surface area (Å²) in [7, 11) is 1.70. The van der Waals surface area contributed by atoms with E-state index >= 15 is 0 Å². The van der Waals surface area contributed by atoms with Crippen LogP contribution in [0.15, 0.2) is 0 Å². The number of nitrogens with two attached hydrogens (primary N) is 1. The number of urea groups is 1. The van der Waals surface area contributed by atoms with Crippen molar-refractivity contribution in [2.24, 2.45) is 5.73 Å². The van der Waals surface area contributed by atoms with Gasteiger partial charge in [-0.3, -0.25) is 5.41 Å². The van der Waals surface area contributed by atoms with Crippen molar-refractivity contribution >= 4 is 11.9 Å². The van der Waals surface area contributed by atoms with Gasteiger partial charge in [-0.1, -0.05) is 0 Å². The predicted molar refractivity (Wildman–Crippen MR) is 57.4 cm³/mol. The van der Waals surface area contributed by atoms with Crippen molar-refractivity contribution in [3.05, 3.63) is 0 Å². The van der Waals surface area contributed by atoms with Gasteiger partial charge in [0.25, 0.3) is 0 Å². The first-order chi connectivity index (χ1) is 6.34. The maximum absolute atomic E-state index is 11.5. The van der Waals surface area contributed by atoms with Crippen LogP contribution in [0, 0.1) is 5.41 Å². The molecule has 2 amide bonds. The highest BCUT2D eigenvalue weighted by atomic mass is 16.2. The van der Waals surface area contributed by atoms with E-state index in [9.17, 15) is 4.79 Å². The Kier molecular flexibility index (Phi) is 4.97. The van der Waals surface area contributed by atoms with E-state index in [2.05, 4.69) is 5.32 Å². The molecule has 4 N–H and O–H groups in total. The molecule has 0 bridgehead atoms. The second-order valence-electron chi connectivity index (χ2n) is 3.79. The van der Waals surface area contributed by atoms with Gasteiger partial charge in [0.2, 0.25) is 0 Å². The fourth-order valence-corrected chi connectivity index (χ4v) is 1.00. The van der Waals surface area contributed by atoms with E-state index < -0.39 is 0 Å². The first kappa shape index (κ1) is 12.7. The van der Waals surface area contributed by atoms with Gasteiger partial charge in [0.15, 0.2) is 0 Å². The van der Waals surface area contributed by atoms with Crippen molar-refractivity contribution in [1.82, 2.24) is 10.2 Å². The first-order valence-electron chi connectivity index (χ1n) is 4.70. The summed E-state index contributed by atoms with van der Waals surface area (Å²) < 4.78 is 0. The molecular formula is C9H20N4O. The zero-order valence-electron chi connectivity index (χ0n) is 9.29.